The number of carboxylic acids is 1. The van der Waals surface area contributed by atoms with Crippen molar-refractivity contribution >= 4 is 16.9 Å². The Hall–Kier alpha value is -2.60. The van der Waals surface area contributed by atoms with Gasteiger partial charge in [0.25, 0.3) is 0 Å². The Balaban J connectivity index is 1.41. The molecule has 24 heavy (non-hydrogen) atoms. The molecule has 2 N–H and O–H groups in total. The molecule has 0 unspecified atom stereocenters. The molecule has 0 radical (unpaired) electrons. The maximum absolute atomic E-state index is 11.0. The highest BCUT2D eigenvalue weighted by Crippen LogP contribution is 2.25. The molecule has 6 heteroatoms. The smallest absolute Gasteiger partial charge is 0.356 e. The van der Waals surface area contributed by atoms with E-state index >= 15 is 0 Å². The van der Waals surface area contributed by atoms with Crippen molar-refractivity contribution in [2.45, 2.75) is 25.4 Å². The minimum absolute atomic E-state index is 0.121. The van der Waals surface area contributed by atoms with Crippen LogP contribution in [0.5, 0.6) is 0 Å². The molecule has 0 spiro atoms. The third-order valence-electron chi connectivity index (χ3n) is 4.83. The van der Waals surface area contributed by atoms with Crippen molar-refractivity contribution < 1.29 is 9.90 Å². The standard InChI is InChI=1S/C18H20N4O2/c23-18(24)16-7-11-22(20-16)15-5-9-21(10-6-15)12-14-3-1-2-13-4-8-19-17(13)14/h1-4,7-8,11,15,19H,5-6,9-10,12H2,(H,23,24). The molecular formula is C18H20N4O2. The van der Waals surface area contributed by atoms with E-state index in [0.29, 0.717) is 0 Å². The molecular weight excluding hydrogens is 304 g/mol. The van der Waals surface area contributed by atoms with Crippen LogP contribution in [0.3, 0.4) is 0 Å². The minimum Gasteiger partial charge on any atom is -0.476 e. The van der Waals surface area contributed by atoms with Gasteiger partial charge in [-0.15, -0.1) is 0 Å². The molecule has 4 rings (SSSR count). The van der Waals surface area contributed by atoms with Gasteiger partial charge >= 0.3 is 5.97 Å². The average molecular weight is 324 g/mol. The molecule has 1 aliphatic rings. The monoisotopic (exact) mass is 324 g/mol. The number of hydrogen-bond donors (Lipinski definition) is 2. The number of hydrogen-bond acceptors (Lipinski definition) is 3. The van der Waals surface area contributed by atoms with Crippen molar-refractivity contribution in [3.63, 3.8) is 0 Å². The topological polar surface area (TPSA) is 74.2 Å². The Bertz CT molecular complexity index is 859. The lowest BCUT2D eigenvalue weighted by atomic mass is 10.0. The molecule has 1 aliphatic heterocycles. The largest absolute Gasteiger partial charge is 0.476 e. The Morgan fingerprint density at radius 1 is 1.25 bits per heavy atom. The number of nitrogens with zero attached hydrogens (tertiary/aromatic N) is 3. The first-order valence-corrected chi connectivity index (χ1v) is 8.26. The number of aromatic nitrogens is 3. The summed E-state index contributed by atoms with van der Waals surface area (Å²) >= 11 is 0. The van der Waals surface area contributed by atoms with E-state index in [1.807, 2.05) is 10.9 Å². The molecule has 0 aliphatic carbocycles. The fraction of sp³-hybridized carbons (Fsp3) is 0.333. The quantitative estimate of drug-likeness (QED) is 0.774. The van der Waals surface area contributed by atoms with Crippen molar-refractivity contribution in [3.8, 4) is 0 Å². The summed E-state index contributed by atoms with van der Waals surface area (Å²) in [5.74, 6) is -0.967. The summed E-state index contributed by atoms with van der Waals surface area (Å²) in [5, 5.41) is 14.4. The van der Waals surface area contributed by atoms with Crippen molar-refractivity contribution in [1.29, 1.82) is 0 Å². The van der Waals surface area contributed by atoms with E-state index in [1.54, 1.807) is 12.3 Å². The van der Waals surface area contributed by atoms with Crippen LogP contribution in [0.15, 0.2) is 42.7 Å². The van der Waals surface area contributed by atoms with Gasteiger partial charge in [0.05, 0.1) is 6.04 Å². The lowest BCUT2D eigenvalue weighted by molar-refractivity contribution is 0.0688. The number of aromatic carboxylic acids is 1. The first-order chi connectivity index (χ1) is 11.7. The lowest BCUT2D eigenvalue weighted by Gasteiger charge is -2.32. The van der Waals surface area contributed by atoms with Crippen molar-refractivity contribution in [1.82, 2.24) is 19.7 Å². The third kappa shape index (κ3) is 2.80. The van der Waals surface area contributed by atoms with Crippen LogP contribution in [-0.4, -0.2) is 43.8 Å². The SMILES string of the molecule is O=C(O)c1ccn(C2CCN(Cc3cccc4cc[nH]c34)CC2)n1. The van der Waals surface area contributed by atoms with E-state index in [1.165, 1.54) is 16.5 Å². The highest BCUT2D eigenvalue weighted by Gasteiger charge is 2.22. The third-order valence-corrected chi connectivity index (χ3v) is 4.83. The van der Waals surface area contributed by atoms with E-state index < -0.39 is 5.97 Å². The van der Waals surface area contributed by atoms with Crippen LogP contribution in [0, 0.1) is 0 Å². The number of H-pyrrole nitrogens is 1. The van der Waals surface area contributed by atoms with Crippen LogP contribution >= 0.6 is 0 Å². The maximum atomic E-state index is 11.0. The Kier molecular flexibility index (Phi) is 3.82. The summed E-state index contributed by atoms with van der Waals surface area (Å²) in [6, 6.07) is 10.4. The molecule has 0 bridgehead atoms. The van der Waals surface area contributed by atoms with Crippen molar-refractivity contribution in [3.05, 3.63) is 54.0 Å². The van der Waals surface area contributed by atoms with E-state index in [2.05, 4.69) is 39.2 Å². The van der Waals surface area contributed by atoms with E-state index in [9.17, 15) is 4.79 Å². The number of fused-ring (bicyclic) bond motifs is 1. The normalized spacial score (nSPS) is 16.7. The molecule has 3 aromatic rings. The van der Waals surface area contributed by atoms with Crippen LogP contribution in [0.25, 0.3) is 10.9 Å². The zero-order chi connectivity index (χ0) is 16.5. The minimum atomic E-state index is -0.967. The van der Waals surface area contributed by atoms with Gasteiger partial charge in [-0.05, 0) is 35.9 Å². The zero-order valence-corrected chi connectivity index (χ0v) is 13.4. The zero-order valence-electron chi connectivity index (χ0n) is 13.4. The predicted molar refractivity (Wildman–Crippen MR) is 91.0 cm³/mol. The molecule has 6 nitrogen and oxygen atoms in total. The molecule has 124 valence electrons. The van der Waals surface area contributed by atoms with Gasteiger partial charge in [-0.25, -0.2) is 4.79 Å². The van der Waals surface area contributed by atoms with Crippen LogP contribution in [0.1, 0.15) is 34.9 Å². The molecule has 1 fully saturated rings. The number of piperidine rings is 1. The summed E-state index contributed by atoms with van der Waals surface area (Å²) < 4.78 is 1.81. The second kappa shape index (κ2) is 6.13. The molecule has 3 heterocycles. The summed E-state index contributed by atoms with van der Waals surface area (Å²) in [6.45, 7) is 2.91. The molecule has 0 amide bonds. The number of likely N-dealkylation sites (tertiary alicyclic amines) is 1. The Morgan fingerprint density at radius 2 is 2.08 bits per heavy atom. The average Bonchev–Trinajstić information content (AvgIpc) is 3.25. The number of nitrogens with one attached hydrogen (secondary N) is 1. The molecule has 0 saturated carbocycles. The highest BCUT2D eigenvalue weighted by atomic mass is 16.4. The number of rotatable bonds is 4. The summed E-state index contributed by atoms with van der Waals surface area (Å²) in [5.41, 5.74) is 2.66. The summed E-state index contributed by atoms with van der Waals surface area (Å²) in [6.07, 6.45) is 5.74. The highest BCUT2D eigenvalue weighted by molar-refractivity contribution is 5.85. The Labute approximate surface area is 139 Å². The van der Waals surface area contributed by atoms with Gasteiger partial charge < -0.3 is 10.1 Å². The van der Waals surface area contributed by atoms with E-state index in [0.717, 1.165) is 32.5 Å². The maximum Gasteiger partial charge on any atom is 0.356 e. The number of benzene rings is 1. The van der Waals surface area contributed by atoms with Gasteiger partial charge in [0, 0.05) is 37.5 Å². The number of para-hydroxylation sites is 1. The molecule has 1 saturated heterocycles. The summed E-state index contributed by atoms with van der Waals surface area (Å²) in [7, 11) is 0. The van der Waals surface area contributed by atoms with Gasteiger partial charge in [-0.1, -0.05) is 18.2 Å². The second-order valence-corrected chi connectivity index (χ2v) is 6.35. The molecule has 0 atom stereocenters. The van der Waals surface area contributed by atoms with Crippen molar-refractivity contribution in [2.24, 2.45) is 0 Å². The Morgan fingerprint density at radius 3 is 2.83 bits per heavy atom. The number of carbonyl (C=O) groups is 1. The van der Waals surface area contributed by atoms with Gasteiger partial charge in [0.15, 0.2) is 5.69 Å². The fourth-order valence-corrected chi connectivity index (χ4v) is 3.52. The molecule has 2 aromatic heterocycles. The van der Waals surface area contributed by atoms with Gasteiger partial charge in [0.1, 0.15) is 0 Å². The first-order valence-electron chi connectivity index (χ1n) is 8.26. The summed E-state index contributed by atoms with van der Waals surface area (Å²) in [4.78, 5) is 16.7. The first kappa shape index (κ1) is 15.0. The second-order valence-electron chi connectivity index (χ2n) is 6.35. The van der Waals surface area contributed by atoms with Gasteiger partial charge in [0.2, 0.25) is 0 Å². The molecule has 1 aromatic carbocycles. The van der Waals surface area contributed by atoms with Crippen LogP contribution < -0.4 is 0 Å². The van der Waals surface area contributed by atoms with E-state index in [4.69, 9.17) is 5.11 Å². The van der Waals surface area contributed by atoms with Gasteiger partial charge in [-0.2, -0.15) is 5.10 Å². The van der Waals surface area contributed by atoms with Crippen LogP contribution in [0.2, 0.25) is 0 Å². The number of carboxylic acid groups (broad SMARTS) is 1. The van der Waals surface area contributed by atoms with Crippen LogP contribution in [0.4, 0.5) is 0 Å². The lowest BCUT2D eigenvalue weighted by Crippen LogP contribution is -2.34. The van der Waals surface area contributed by atoms with E-state index in [-0.39, 0.29) is 11.7 Å². The van der Waals surface area contributed by atoms with Crippen LogP contribution in [-0.2, 0) is 6.54 Å². The van der Waals surface area contributed by atoms with Crippen molar-refractivity contribution in [2.75, 3.05) is 13.1 Å². The van der Waals surface area contributed by atoms with Gasteiger partial charge in [-0.3, -0.25) is 9.58 Å². The fourth-order valence-electron chi connectivity index (χ4n) is 3.52. The predicted octanol–water partition coefficient (Wildman–Crippen LogP) is 2.90. The number of aromatic amines is 1.